The van der Waals surface area contributed by atoms with Crippen molar-refractivity contribution in [3.63, 3.8) is 0 Å². The number of aliphatic carboxylic acids is 1. The van der Waals surface area contributed by atoms with E-state index in [1.54, 1.807) is 10.8 Å². The summed E-state index contributed by atoms with van der Waals surface area (Å²) in [6.07, 6.45) is 2.53. The van der Waals surface area contributed by atoms with E-state index < -0.39 is 5.97 Å². The molecule has 17 heavy (non-hydrogen) atoms. The van der Waals surface area contributed by atoms with E-state index in [1.165, 1.54) is 5.56 Å². The lowest BCUT2D eigenvalue weighted by molar-refractivity contribution is -0.137. The van der Waals surface area contributed by atoms with Gasteiger partial charge in [-0.3, -0.25) is 4.79 Å². The molecule has 0 bridgehead atoms. The van der Waals surface area contributed by atoms with Crippen molar-refractivity contribution in [1.29, 1.82) is 0 Å². The van der Waals surface area contributed by atoms with Crippen LogP contribution < -0.4 is 0 Å². The standard InChI is InChI=1S/C13H14N2O2/c1-10-14-12(8-15(10)9-13(16)17)7-11-5-3-2-4-6-11/h2-6,8H,7,9H2,1H3,(H,16,17). The molecule has 0 aliphatic heterocycles. The monoisotopic (exact) mass is 230 g/mol. The maximum absolute atomic E-state index is 10.6. The Labute approximate surface area is 99.5 Å². The first-order valence-electron chi connectivity index (χ1n) is 5.43. The van der Waals surface area contributed by atoms with Crippen LogP contribution in [0.2, 0.25) is 0 Å². The minimum Gasteiger partial charge on any atom is -0.480 e. The molecule has 0 aliphatic rings. The van der Waals surface area contributed by atoms with Crippen LogP contribution in [-0.4, -0.2) is 20.6 Å². The smallest absolute Gasteiger partial charge is 0.323 e. The van der Waals surface area contributed by atoms with Crippen molar-refractivity contribution >= 4 is 5.97 Å². The van der Waals surface area contributed by atoms with E-state index in [4.69, 9.17) is 5.11 Å². The molecule has 4 heteroatoms. The quantitative estimate of drug-likeness (QED) is 0.872. The van der Waals surface area contributed by atoms with Gasteiger partial charge in [0.25, 0.3) is 0 Å². The Bertz CT molecular complexity index is 517. The highest BCUT2D eigenvalue weighted by Crippen LogP contribution is 2.09. The van der Waals surface area contributed by atoms with E-state index >= 15 is 0 Å². The molecule has 0 saturated heterocycles. The van der Waals surface area contributed by atoms with Gasteiger partial charge in [0.05, 0.1) is 5.69 Å². The van der Waals surface area contributed by atoms with E-state index in [2.05, 4.69) is 4.98 Å². The summed E-state index contributed by atoms with van der Waals surface area (Å²) in [4.78, 5) is 15.0. The normalized spacial score (nSPS) is 10.4. The number of benzene rings is 1. The molecule has 0 aliphatic carbocycles. The summed E-state index contributed by atoms with van der Waals surface area (Å²) in [5, 5.41) is 8.74. The fraction of sp³-hybridized carbons (Fsp3) is 0.231. The summed E-state index contributed by atoms with van der Waals surface area (Å²) < 4.78 is 1.65. The van der Waals surface area contributed by atoms with Gasteiger partial charge in [0.2, 0.25) is 0 Å². The van der Waals surface area contributed by atoms with Crippen molar-refractivity contribution < 1.29 is 9.90 Å². The molecule has 0 fully saturated rings. The van der Waals surface area contributed by atoms with Gasteiger partial charge in [-0.1, -0.05) is 30.3 Å². The van der Waals surface area contributed by atoms with Gasteiger partial charge < -0.3 is 9.67 Å². The zero-order valence-corrected chi connectivity index (χ0v) is 9.63. The number of nitrogens with zero attached hydrogens (tertiary/aromatic N) is 2. The number of imidazole rings is 1. The molecule has 0 radical (unpaired) electrons. The molecule has 1 N–H and O–H groups in total. The highest BCUT2D eigenvalue weighted by atomic mass is 16.4. The number of carbonyl (C=O) groups is 1. The molecule has 0 unspecified atom stereocenters. The zero-order valence-electron chi connectivity index (χ0n) is 9.63. The van der Waals surface area contributed by atoms with E-state index in [0.29, 0.717) is 0 Å². The van der Waals surface area contributed by atoms with Crippen LogP contribution in [-0.2, 0) is 17.8 Å². The number of aromatic nitrogens is 2. The second kappa shape index (κ2) is 4.82. The Morgan fingerprint density at radius 3 is 2.71 bits per heavy atom. The van der Waals surface area contributed by atoms with Gasteiger partial charge in [0.15, 0.2) is 0 Å². The van der Waals surface area contributed by atoms with Crippen LogP contribution >= 0.6 is 0 Å². The first kappa shape index (κ1) is 11.4. The highest BCUT2D eigenvalue weighted by Gasteiger charge is 2.07. The van der Waals surface area contributed by atoms with E-state index in [0.717, 1.165) is 17.9 Å². The van der Waals surface area contributed by atoms with E-state index in [9.17, 15) is 4.79 Å². The molecule has 2 aromatic rings. The Hall–Kier alpha value is -2.10. The molecular formula is C13H14N2O2. The average Bonchev–Trinajstić information content (AvgIpc) is 2.59. The molecule has 0 saturated carbocycles. The predicted octanol–water partition coefficient (Wildman–Crippen LogP) is 1.87. The summed E-state index contributed by atoms with van der Waals surface area (Å²) in [6.45, 7) is 1.78. The number of hydrogen-bond acceptors (Lipinski definition) is 2. The molecule has 88 valence electrons. The molecule has 1 aromatic heterocycles. The Balaban J connectivity index is 2.15. The number of rotatable bonds is 4. The van der Waals surface area contributed by atoms with Crippen molar-refractivity contribution in [3.8, 4) is 0 Å². The summed E-state index contributed by atoms with van der Waals surface area (Å²) in [7, 11) is 0. The Morgan fingerprint density at radius 1 is 1.35 bits per heavy atom. The topological polar surface area (TPSA) is 55.1 Å². The predicted molar refractivity (Wildman–Crippen MR) is 63.8 cm³/mol. The van der Waals surface area contributed by atoms with Gasteiger partial charge in [0, 0.05) is 12.6 Å². The molecule has 0 amide bonds. The van der Waals surface area contributed by atoms with Crippen LogP contribution in [0.5, 0.6) is 0 Å². The summed E-state index contributed by atoms with van der Waals surface area (Å²) in [6, 6.07) is 10.0. The first-order valence-corrected chi connectivity index (χ1v) is 5.43. The van der Waals surface area contributed by atoms with Gasteiger partial charge in [-0.2, -0.15) is 0 Å². The van der Waals surface area contributed by atoms with Crippen LogP contribution in [0.1, 0.15) is 17.1 Å². The molecule has 1 heterocycles. The number of carboxylic acids is 1. The molecule has 2 rings (SSSR count). The first-order chi connectivity index (χ1) is 8.15. The number of carboxylic acid groups (broad SMARTS) is 1. The Kier molecular flexibility index (Phi) is 3.23. The second-order valence-electron chi connectivity index (χ2n) is 3.96. The SMILES string of the molecule is Cc1nc(Cc2ccccc2)cn1CC(=O)O. The minimum absolute atomic E-state index is 0.0341. The van der Waals surface area contributed by atoms with Crippen molar-refractivity contribution in [2.45, 2.75) is 19.9 Å². The van der Waals surface area contributed by atoms with Crippen molar-refractivity contribution in [3.05, 3.63) is 53.6 Å². The van der Waals surface area contributed by atoms with Crippen LogP contribution in [0.4, 0.5) is 0 Å². The van der Waals surface area contributed by atoms with E-state index in [1.807, 2.05) is 37.3 Å². The minimum atomic E-state index is -0.850. The van der Waals surface area contributed by atoms with Gasteiger partial charge in [0.1, 0.15) is 12.4 Å². The maximum Gasteiger partial charge on any atom is 0.323 e. The largest absolute Gasteiger partial charge is 0.480 e. The lowest BCUT2D eigenvalue weighted by Gasteiger charge is -1.98. The lowest BCUT2D eigenvalue weighted by atomic mass is 10.1. The van der Waals surface area contributed by atoms with Crippen molar-refractivity contribution in [2.75, 3.05) is 0 Å². The third-order valence-corrected chi connectivity index (χ3v) is 2.56. The van der Waals surface area contributed by atoms with Gasteiger partial charge >= 0.3 is 5.97 Å². The Morgan fingerprint density at radius 2 is 2.06 bits per heavy atom. The summed E-state index contributed by atoms with van der Waals surface area (Å²) in [5.41, 5.74) is 2.07. The second-order valence-corrected chi connectivity index (χ2v) is 3.96. The fourth-order valence-corrected chi connectivity index (χ4v) is 1.77. The third kappa shape index (κ3) is 2.93. The molecule has 0 spiro atoms. The lowest BCUT2D eigenvalue weighted by Crippen LogP contribution is -2.08. The van der Waals surface area contributed by atoms with E-state index in [-0.39, 0.29) is 6.54 Å². The molecule has 1 aromatic carbocycles. The molecular weight excluding hydrogens is 216 g/mol. The van der Waals surface area contributed by atoms with Crippen LogP contribution in [0.15, 0.2) is 36.5 Å². The highest BCUT2D eigenvalue weighted by molar-refractivity contribution is 5.66. The number of hydrogen-bond donors (Lipinski definition) is 1. The summed E-state index contributed by atoms with van der Waals surface area (Å²) >= 11 is 0. The summed E-state index contributed by atoms with van der Waals surface area (Å²) in [5.74, 6) is -0.116. The van der Waals surface area contributed by atoms with Gasteiger partial charge in [-0.15, -0.1) is 0 Å². The van der Waals surface area contributed by atoms with Gasteiger partial charge in [-0.05, 0) is 12.5 Å². The van der Waals surface area contributed by atoms with Crippen molar-refractivity contribution in [1.82, 2.24) is 9.55 Å². The molecule has 0 atom stereocenters. The van der Waals surface area contributed by atoms with Crippen LogP contribution in [0.3, 0.4) is 0 Å². The maximum atomic E-state index is 10.6. The molecule has 4 nitrogen and oxygen atoms in total. The van der Waals surface area contributed by atoms with Crippen LogP contribution in [0.25, 0.3) is 0 Å². The fourth-order valence-electron chi connectivity index (χ4n) is 1.77. The van der Waals surface area contributed by atoms with Gasteiger partial charge in [-0.25, -0.2) is 4.98 Å². The number of aryl methyl sites for hydroxylation is 1. The third-order valence-electron chi connectivity index (χ3n) is 2.56. The zero-order chi connectivity index (χ0) is 12.3. The van der Waals surface area contributed by atoms with Crippen LogP contribution in [0, 0.1) is 6.92 Å². The van der Waals surface area contributed by atoms with Crippen molar-refractivity contribution in [2.24, 2.45) is 0 Å². The average molecular weight is 230 g/mol.